The average molecular weight is 1810 g/mol. The third-order valence-electron chi connectivity index (χ3n) is 16.0. The van der Waals surface area contributed by atoms with Gasteiger partial charge in [0.05, 0.1) is 5.57 Å². The Morgan fingerprint density at radius 1 is 0.392 bits per heavy atom. The summed E-state index contributed by atoms with van der Waals surface area (Å²) >= 11 is 0. The standard InChI is InChI=1S/C15H18O4.C11H12O2.C10H8N2O.C10H11NO4.C10H8O6.C10H8O4.C9H7FO4.C9H7FO2.C9H6N2O2.ClH/c16-13-8-6-11(10-14(13)17)7-9-15(18)19-12-4-2-1-3-5-12;1-2-10(11(12)13)8-9-6-4-3-5-7-9;11-7-9(10(12)13)6-8-4-2-1-3-5-8;11-5-7(10(14)15)3-6-1-2-8(12)9(13)4-6;11-7-2-1-5(4-8(7)12)3-6(9(13)14)10(15)16;11-9(12)8(10(13)14)6-7-4-2-1-3-5-7;10-6(9(13)14)3-5-1-2-7(11)8(12)4-5;10-8(9(11)12)6-7-4-2-1-3-5-7;10-5-8(9(12)13)4-7-2-1-3-11-6-7;/h6-10,12,16-17H,1-5H2;3-8H,2H2,1H3,(H,12,13);1-6H,(H2,12,13);1-4,12-13H,5,11H2,(H,14,15);1-4,11-12H,(H,13,14)(H,15,16);1-6H,(H,11,12)(H,13,14);1-4,11-12H,(H,13,14);1-6H,(H,11,12);1-4,6H,(H,12,13);1H/p+1/b9-7+;10-8+;9-6+;7-3+;;;6-3-;8-6-;8-4+;. The monoisotopic (exact) mass is 1810 g/mol. The van der Waals surface area contributed by atoms with Crippen LogP contribution in [0.15, 0.2) is 270 Å². The van der Waals surface area contributed by atoms with Crippen molar-refractivity contribution in [3.8, 4) is 58.1 Å². The lowest BCUT2D eigenvalue weighted by molar-refractivity contribution is -0.378. The largest absolute Gasteiger partial charge is 1.00 e. The Labute approximate surface area is 745 Å². The molecule has 8 aromatic carbocycles. The van der Waals surface area contributed by atoms with Gasteiger partial charge in [0.25, 0.3) is 5.91 Å². The molecule has 10 rings (SSSR count). The first kappa shape index (κ1) is 110. The van der Waals surface area contributed by atoms with Crippen LogP contribution in [-0.4, -0.2) is 165 Å². The van der Waals surface area contributed by atoms with E-state index in [4.69, 9.17) is 92.5 Å². The molecule has 0 atom stereocenters. The second-order valence-electron chi connectivity index (χ2n) is 25.5. The Bertz CT molecular complexity index is 5640. The maximum absolute atomic E-state index is 12.6. The molecule has 0 unspecified atom stereocenters. The zero-order chi connectivity index (χ0) is 96.7. The number of rotatable bonds is 23. The number of nitrogens with zero attached hydrogens (tertiary/aromatic N) is 2. The van der Waals surface area contributed by atoms with Crippen molar-refractivity contribution in [2.45, 2.75) is 51.6 Å². The molecular weight excluding hydrogens is 1720 g/mol. The van der Waals surface area contributed by atoms with Crippen LogP contribution in [0.1, 0.15) is 95.5 Å². The van der Waals surface area contributed by atoms with E-state index < -0.39 is 93.9 Å². The summed E-state index contributed by atoms with van der Waals surface area (Å²) in [6.07, 6.45) is 21.7. The predicted octanol–water partition coefficient (Wildman–Crippen LogP) is 9.40. The van der Waals surface area contributed by atoms with Gasteiger partial charge in [0.2, 0.25) is 11.7 Å². The van der Waals surface area contributed by atoms with Crippen molar-refractivity contribution < 1.29 is 176 Å². The number of primary amides is 1. The fourth-order valence-corrected chi connectivity index (χ4v) is 9.55. The van der Waals surface area contributed by atoms with Gasteiger partial charge < -0.3 is 115 Å². The number of amides is 1. The minimum atomic E-state index is -1.68. The van der Waals surface area contributed by atoms with Gasteiger partial charge >= 0.3 is 59.7 Å². The van der Waals surface area contributed by atoms with Gasteiger partial charge in [-0.15, -0.1) is 0 Å². The van der Waals surface area contributed by atoms with Crippen LogP contribution in [0.25, 0.3) is 54.7 Å². The van der Waals surface area contributed by atoms with E-state index >= 15 is 0 Å². The molecule has 1 fully saturated rings. The molecule has 1 amide bonds. The average Bonchev–Trinajstić information content (AvgIpc) is 0.868. The summed E-state index contributed by atoms with van der Waals surface area (Å²) < 4.78 is 30.4. The van der Waals surface area contributed by atoms with Gasteiger partial charge in [-0.2, -0.15) is 19.3 Å². The second-order valence-corrected chi connectivity index (χ2v) is 25.5. The van der Waals surface area contributed by atoms with E-state index in [1.807, 2.05) is 55.5 Å². The number of aromatic nitrogens is 1. The number of pyridine rings is 1. The number of hydrogen-bond acceptors (Lipinski definition) is 22. The molecule has 0 radical (unpaired) electrons. The quantitative estimate of drug-likeness (QED) is 0.00707. The SMILES string of the molecule is CC/C(=C\c1ccccc1)C(=O)O.N#C/C(=C\c1ccc[nH+]c1)C(=O)O.N#C/C(=C\c1ccccc1)C(N)=O.O=C(/C=C/c1ccc(O)c(O)c1)OC1CCCCC1.O=C(O)/C(F)=C/c1ccc(O)c(O)c1.O=C(O)/C(F)=C/c1ccccc1.O=C(O)C(=Cc1ccc(O)c(O)c1)C(=O)O.O=C(O)C(=Cc1ccccc1)C(=O)O.[Cl-].[NH3+]C/C(=C\c1ccc(O)c(O)c1)C(=O)O. The topological polar surface area (TPSA) is 656 Å². The lowest BCUT2D eigenvalue weighted by Crippen LogP contribution is -3.00. The molecule has 1 heterocycles. The van der Waals surface area contributed by atoms with Gasteiger partial charge in [-0.3, -0.25) is 4.79 Å². The van der Waals surface area contributed by atoms with E-state index in [2.05, 4.69) is 10.7 Å². The number of nitrogens with two attached hydrogens (primary N) is 1. The second kappa shape index (κ2) is 59.9. The van der Waals surface area contributed by atoms with Gasteiger partial charge in [0.15, 0.2) is 58.4 Å². The highest BCUT2D eigenvalue weighted by atomic mass is 35.5. The number of nitrogens with one attached hydrogen (secondary N) is 1. The van der Waals surface area contributed by atoms with Crippen molar-refractivity contribution in [1.82, 2.24) is 0 Å². The molecule has 1 aliphatic rings. The molecule has 1 aromatic heterocycles. The van der Waals surface area contributed by atoms with Crippen molar-refractivity contribution in [3.05, 3.63) is 320 Å². The molecule has 130 heavy (non-hydrogen) atoms. The van der Waals surface area contributed by atoms with Crippen molar-refractivity contribution in [3.63, 3.8) is 0 Å². The smallest absolute Gasteiger partial charge is 0.364 e. The van der Waals surface area contributed by atoms with E-state index in [9.17, 15) is 76.8 Å². The Morgan fingerprint density at radius 2 is 0.715 bits per heavy atom. The van der Waals surface area contributed by atoms with E-state index in [1.54, 1.807) is 128 Å². The number of aliphatic carboxylic acids is 9. The van der Waals surface area contributed by atoms with E-state index in [1.165, 1.54) is 73.2 Å². The van der Waals surface area contributed by atoms with Crippen molar-refractivity contribution in [1.29, 1.82) is 10.5 Å². The highest BCUT2D eigenvalue weighted by Crippen LogP contribution is 2.30. The highest BCUT2D eigenvalue weighted by molar-refractivity contribution is 6.17. The number of phenolic OH excluding ortho intramolecular Hbond substituents is 8. The first-order chi connectivity index (χ1) is 61.1. The number of halogens is 3. The summed E-state index contributed by atoms with van der Waals surface area (Å²) in [7, 11) is 0. The number of nitriles is 2. The number of carboxylic acid groups (broad SMARTS) is 9. The summed E-state index contributed by atoms with van der Waals surface area (Å²) in [5, 5.41) is 166. The van der Waals surface area contributed by atoms with Gasteiger partial charge in [-0.1, -0.05) is 159 Å². The summed E-state index contributed by atoms with van der Waals surface area (Å²) in [6, 6.07) is 57.6. The summed E-state index contributed by atoms with van der Waals surface area (Å²) in [4.78, 5) is 119. The van der Waals surface area contributed by atoms with E-state index in [0.29, 0.717) is 39.8 Å². The Morgan fingerprint density at radius 3 is 1.05 bits per heavy atom. The van der Waals surface area contributed by atoms with Gasteiger partial charge in [-0.05, 0) is 186 Å². The molecule has 34 nitrogen and oxygen atoms in total. The zero-order valence-corrected chi connectivity index (χ0v) is 69.2. The Balaban J connectivity index is 0.000000733. The number of ether oxygens (including phenoxy) is 1. The van der Waals surface area contributed by atoms with E-state index in [-0.39, 0.29) is 93.4 Å². The number of carboxylic acids is 9. The third kappa shape index (κ3) is 44.9. The number of hydrogen-bond donors (Lipinski definition) is 19. The molecule has 678 valence electrons. The first-order valence-corrected chi connectivity index (χ1v) is 37.3. The summed E-state index contributed by atoms with van der Waals surface area (Å²) in [6.45, 7) is 1.99. The van der Waals surface area contributed by atoms with E-state index in [0.717, 1.165) is 85.4 Å². The Hall–Kier alpha value is -17.8. The number of carbonyl (C=O) groups is 11. The normalized spacial score (nSPS) is 11.4. The zero-order valence-electron chi connectivity index (χ0n) is 68.4. The molecule has 1 aliphatic carbocycles. The van der Waals surface area contributed by atoms with Crippen LogP contribution in [0.2, 0.25) is 0 Å². The fourth-order valence-electron chi connectivity index (χ4n) is 9.55. The number of phenols is 8. The molecule has 1 saturated carbocycles. The Kier molecular flexibility index (Phi) is 50.8. The van der Waals surface area contributed by atoms with Crippen LogP contribution in [0.3, 0.4) is 0 Å². The van der Waals surface area contributed by atoms with Gasteiger partial charge in [0.1, 0.15) is 47.1 Å². The maximum Gasteiger partial charge on any atom is 0.364 e. The fraction of sp³-hybridized carbons (Fsp3) is 0.0968. The molecule has 23 N–H and O–H groups in total. The van der Waals surface area contributed by atoms with Crippen LogP contribution in [0.4, 0.5) is 8.78 Å². The summed E-state index contributed by atoms with van der Waals surface area (Å²) in [5.41, 5.74) is 12.2. The minimum absolute atomic E-state index is 0. The molecular formula is C93H87ClF2N5O29+. The van der Waals surface area contributed by atoms with Crippen molar-refractivity contribution in [2.24, 2.45) is 5.73 Å². The number of aromatic amines is 1. The molecule has 0 spiro atoms. The van der Waals surface area contributed by atoms with Crippen molar-refractivity contribution in [2.75, 3.05) is 6.54 Å². The summed E-state index contributed by atoms with van der Waals surface area (Å²) in [5.74, 6) is -18.4. The number of carbonyl (C=O) groups excluding carboxylic acids is 2. The minimum Gasteiger partial charge on any atom is -1.00 e. The molecule has 37 heteroatoms. The predicted molar refractivity (Wildman–Crippen MR) is 463 cm³/mol. The van der Waals surface area contributed by atoms with Crippen LogP contribution >= 0.6 is 0 Å². The van der Waals surface area contributed by atoms with Gasteiger partial charge in [-0.25, -0.2) is 52.9 Å². The van der Waals surface area contributed by atoms with Crippen LogP contribution in [-0.2, 0) is 57.5 Å². The number of aromatic hydroxyl groups is 8. The highest BCUT2D eigenvalue weighted by Gasteiger charge is 2.20. The lowest BCUT2D eigenvalue weighted by atomic mass is 9.98. The van der Waals surface area contributed by atoms with Gasteiger partial charge in [0, 0.05) is 23.3 Å². The first-order valence-electron chi connectivity index (χ1n) is 37.3. The van der Waals surface area contributed by atoms with Crippen molar-refractivity contribution >= 4 is 120 Å². The molecule has 0 bridgehead atoms. The van der Waals surface area contributed by atoms with Crippen LogP contribution in [0.5, 0.6) is 46.0 Å². The lowest BCUT2D eigenvalue weighted by Gasteiger charge is -2.20. The molecule has 9 aromatic rings. The number of quaternary nitrogens is 1. The van der Waals surface area contributed by atoms with Crippen LogP contribution < -0.4 is 28.9 Å². The maximum atomic E-state index is 12.6. The number of benzene rings is 8. The number of esters is 1. The third-order valence-corrected chi connectivity index (χ3v) is 16.0. The van der Waals surface area contributed by atoms with Crippen LogP contribution in [0, 0.1) is 22.7 Å². The number of H-pyrrole nitrogens is 1. The molecule has 0 aliphatic heterocycles. The molecule has 0 saturated heterocycles.